The molecule has 0 unspecified atom stereocenters. The quantitative estimate of drug-likeness (QED) is 0.690. The molecule has 0 aromatic heterocycles. The molecule has 6 nitrogen and oxygen atoms in total. The van der Waals surface area contributed by atoms with Gasteiger partial charge in [0.2, 0.25) is 10.0 Å². The van der Waals surface area contributed by atoms with Crippen LogP contribution in [0.1, 0.15) is 24.2 Å². The normalized spacial score (nSPS) is 11.7. The highest BCUT2D eigenvalue weighted by Gasteiger charge is 2.18. The number of benzene rings is 1. The van der Waals surface area contributed by atoms with Crippen molar-refractivity contribution in [2.75, 3.05) is 12.3 Å². The summed E-state index contributed by atoms with van der Waals surface area (Å²) in [7, 11) is -3.70. The van der Waals surface area contributed by atoms with Crippen LogP contribution in [0.3, 0.4) is 0 Å². The Balaban J connectivity index is 3.06. The lowest BCUT2D eigenvalue weighted by molar-refractivity contribution is 0.0697. The fourth-order valence-corrected chi connectivity index (χ4v) is 2.61. The van der Waals surface area contributed by atoms with Gasteiger partial charge in [0.05, 0.1) is 11.3 Å². The number of nitrogen functional groups attached to an aromatic ring is 1. The second-order valence-electron chi connectivity index (χ2n) is 4.30. The van der Waals surface area contributed by atoms with Gasteiger partial charge in [-0.25, -0.2) is 17.9 Å². The SMILES string of the molecule is CC(C)CNS(=O)(=O)c1ccc(C(=O)O)cc1N. The van der Waals surface area contributed by atoms with E-state index in [0.29, 0.717) is 6.54 Å². The molecule has 18 heavy (non-hydrogen) atoms. The Morgan fingerprint density at radius 3 is 2.50 bits per heavy atom. The maximum absolute atomic E-state index is 11.9. The summed E-state index contributed by atoms with van der Waals surface area (Å²) in [6.45, 7) is 4.04. The van der Waals surface area contributed by atoms with Gasteiger partial charge in [0, 0.05) is 6.54 Å². The predicted octanol–water partition coefficient (Wildman–Crippen LogP) is 0.901. The van der Waals surface area contributed by atoms with Crippen molar-refractivity contribution in [1.29, 1.82) is 0 Å². The largest absolute Gasteiger partial charge is 0.478 e. The highest BCUT2D eigenvalue weighted by molar-refractivity contribution is 7.89. The van der Waals surface area contributed by atoms with Crippen LogP contribution < -0.4 is 10.5 Å². The van der Waals surface area contributed by atoms with Gasteiger partial charge in [-0.3, -0.25) is 0 Å². The van der Waals surface area contributed by atoms with Crippen molar-refractivity contribution in [2.24, 2.45) is 5.92 Å². The van der Waals surface area contributed by atoms with E-state index < -0.39 is 16.0 Å². The summed E-state index contributed by atoms with van der Waals surface area (Å²) in [6, 6.07) is 3.54. The second kappa shape index (κ2) is 5.36. The first-order valence-electron chi connectivity index (χ1n) is 5.36. The third-order valence-corrected chi connectivity index (χ3v) is 3.73. The molecule has 0 fully saturated rings. The van der Waals surface area contributed by atoms with E-state index in [1.165, 1.54) is 12.1 Å². The molecule has 100 valence electrons. The van der Waals surface area contributed by atoms with Crippen molar-refractivity contribution in [3.05, 3.63) is 23.8 Å². The smallest absolute Gasteiger partial charge is 0.335 e. The summed E-state index contributed by atoms with van der Waals surface area (Å²) in [5.41, 5.74) is 5.45. The van der Waals surface area contributed by atoms with E-state index in [4.69, 9.17) is 10.8 Å². The first-order chi connectivity index (χ1) is 8.24. The van der Waals surface area contributed by atoms with Gasteiger partial charge in [-0.2, -0.15) is 0 Å². The molecule has 0 amide bonds. The highest BCUT2D eigenvalue weighted by atomic mass is 32.2. The van der Waals surface area contributed by atoms with E-state index in [0.717, 1.165) is 6.07 Å². The average Bonchev–Trinajstić information content (AvgIpc) is 2.26. The molecule has 0 spiro atoms. The molecule has 0 aliphatic carbocycles. The molecule has 0 radical (unpaired) electrons. The number of hydrogen-bond acceptors (Lipinski definition) is 4. The Kier molecular flexibility index (Phi) is 4.31. The molecule has 7 heteroatoms. The number of nitrogens with one attached hydrogen (secondary N) is 1. The van der Waals surface area contributed by atoms with E-state index in [1.54, 1.807) is 0 Å². The van der Waals surface area contributed by atoms with Crippen LogP contribution in [0.5, 0.6) is 0 Å². The summed E-state index contributed by atoms with van der Waals surface area (Å²) in [6.07, 6.45) is 0. The Morgan fingerprint density at radius 1 is 1.44 bits per heavy atom. The van der Waals surface area contributed by atoms with Crippen LogP contribution >= 0.6 is 0 Å². The standard InChI is InChI=1S/C11H16N2O4S/c1-7(2)6-13-18(16,17)10-4-3-8(11(14)15)5-9(10)12/h3-5,7,13H,6,12H2,1-2H3,(H,14,15). The lowest BCUT2D eigenvalue weighted by atomic mass is 10.2. The Labute approximate surface area is 106 Å². The minimum atomic E-state index is -3.70. The van der Waals surface area contributed by atoms with Gasteiger partial charge in [0.15, 0.2) is 0 Å². The molecule has 0 saturated carbocycles. The molecule has 1 aromatic rings. The van der Waals surface area contributed by atoms with Crippen LogP contribution in [0.25, 0.3) is 0 Å². The van der Waals surface area contributed by atoms with Crippen LogP contribution in [0.15, 0.2) is 23.1 Å². The summed E-state index contributed by atoms with van der Waals surface area (Å²) < 4.78 is 26.2. The molecule has 1 aromatic carbocycles. The maximum Gasteiger partial charge on any atom is 0.335 e. The zero-order valence-electron chi connectivity index (χ0n) is 10.2. The monoisotopic (exact) mass is 272 g/mol. The zero-order valence-corrected chi connectivity index (χ0v) is 11.0. The van der Waals surface area contributed by atoms with E-state index in [9.17, 15) is 13.2 Å². The van der Waals surface area contributed by atoms with Crippen molar-refractivity contribution in [2.45, 2.75) is 18.7 Å². The number of anilines is 1. The molecule has 0 bridgehead atoms. The first kappa shape index (κ1) is 14.5. The summed E-state index contributed by atoms with van der Waals surface area (Å²) in [4.78, 5) is 10.6. The molecular weight excluding hydrogens is 256 g/mol. The number of aromatic carboxylic acids is 1. The van der Waals surface area contributed by atoms with Gasteiger partial charge in [-0.05, 0) is 24.1 Å². The van der Waals surface area contributed by atoms with Gasteiger partial charge >= 0.3 is 5.97 Å². The number of carbonyl (C=O) groups is 1. The van der Waals surface area contributed by atoms with E-state index in [-0.39, 0.29) is 22.1 Å². The van der Waals surface area contributed by atoms with Crippen molar-refractivity contribution in [3.63, 3.8) is 0 Å². The van der Waals surface area contributed by atoms with Crippen molar-refractivity contribution in [1.82, 2.24) is 4.72 Å². The van der Waals surface area contributed by atoms with Crippen LogP contribution in [0.2, 0.25) is 0 Å². The number of rotatable bonds is 5. The Hall–Kier alpha value is -1.60. The molecule has 0 heterocycles. The van der Waals surface area contributed by atoms with Gasteiger partial charge in [-0.1, -0.05) is 13.8 Å². The minimum absolute atomic E-state index is 0.0460. The van der Waals surface area contributed by atoms with E-state index in [1.807, 2.05) is 13.8 Å². The highest BCUT2D eigenvalue weighted by Crippen LogP contribution is 2.19. The lowest BCUT2D eigenvalue weighted by Gasteiger charge is -2.11. The van der Waals surface area contributed by atoms with E-state index >= 15 is 0 Å². The number of carboxylic acid groups (broad SMARTS) is 1. The second-order valence-corrected chi connectivity index (χ2v) is 6.04. The van der Waals surface area contributed by atoms with Crippen LogP contribution in [0, 0.1) is 5.92 Å². The van der Waals surface area contributed by atoms with Crippen LogP contribution in [-0.4, -0.2) is 26.0 Å². The number of carboxylic acids is 1. The number of nitrogens with two attached hydrogens (primary N) is 1. The summed E-state index contributed by atoms with van der Waals surface area (Å²) in [5, 5.41) is 8.76. The average molecular weight is 272 g/mol. The Morgan fingerprint density at radius 2 is 2.06 bits per heavy atom. The van der Waals surface area contributed by atoms with Gasteiger partial charge in [0.25, 0.3) is 0 Å². The summed E-state index contributed by atoms with van der Waals surface area (Å²) in [5.74, 6) is -0.986. The van der Waals surface area contributed by atoms with Crippen LogP contribution in [-0.2, 0) is 10.0 Å². The Bertz CT molecular complexity index is 552. The first-order valence-corrected chi connectivity index (χ1v) is 6.85. The molecule has 0 saturated heterocycles. The van der Waals surface area contributed by atoms with Crippen LogP contribution in [0.4, 0.5) is 5.69 Å². The van der Waals surface area contributed by atoms with Gasteiger partial charge in [0.1, 0.15) is 4.90 Å². The molecule has 0 atom stereocenters. The molecular formula is C11H16N2O4S. The maximum atomic E-state index is 11.9. The molecule has 1 rings (SSSR count). The molecule has 0 aliphatic heterocycles. The lowest BCUT2D eigenvalue weighted by Crippen LogP contribution is -2.28. The number of hydrogen-bond donors (Lipinski definition) is 3. The number of sulfonamides is 1. The van der Waals surface area contributed by atoms with Crippen molar-refractivity contribution in [3.8, 4) is 0 Å². The predicted molar refractivity (Wildman–Crippen MR) is 67.8 cm³/mol. The molecule has 0 aliphatic rings. The molecule has 4 N–H and O–H groups in total. The third kappa shape index (κ3) is 3.44. The topological polar surface area (TPSA) is 109 Å². The van der Waals surface area contributed by atoms with E-state index in [2.05, 4.69) is 4.72 Å². The van der Waals surface area contributed by atoms with Crippen molar-refractivity contribution < 1.29 is 18.3 Å². The summed E-state index contributed by atoms with van der Waals surface area (Å²) >= 11 is 0. The fourth-order valence-electron chi connectivity index (χ4n) is 1.28. The fraction of sp³-hybridized carbons (Fsp3) is 0.364. The van der Waals surface area contributed by atoms with Crippen molar-refractivity contribution >= 4 is 21.7 Å². The zero-order chi connectivity index (χ0) is 13.9. The minimum Gasteiger partial charge on any atom is -0.478 e. The van der Waals surface area contributed by atoms with Gasteiger partial charge in [-0.15, -0.1) is 0 Å². The third-order valence-electron chi connectivity index (χ3n) is 2.23. The van der Waals surface area contributed by atoms with Gasteiger partial charge < -0.3 is 10.8 Å².